The van der Waals surface area contributed by atoms with Gasteiger partial charge in [0.2, 0.25) is 5.91 Å². The van der Waals surface area contributed by atoms with Crippen LogP contribution in [0, 0.1) is 5.92 Å². The summed E-state index contributed by atoms with van der Waals surface area (Å²) in [5.74, 6) is -0.654. The van der Waals surface area contributed by atoms with Gasteiger partial charge in [-0.05, 0) is 12.3 Å². The van der Waals surface area contributed by atoms with Crippen LogP contribution < -0.4 is 5.32 Å². The molecular weight excluding hydrogens is 582 g/mol. The minimum Gasteiger partial charge on any atom is -0.481 e. The Morgan fingerprint density at radius 2 is 0.841 bits per heavy atom. The fourth-order valence-electron chi connectivity index (χ4n) is 3.09. The summed E-state index contributed by atoms with van der Waals surface area (Å²) in [6.07, 6.45) is 1.61. The highest BCUT2D eigenvalue weighted by molar-refractivity contribution is 5.80. The van der Waals surface area contributed by atoms with Gasteiger partial charge in [0.25, 0.3) is 0 Å². The Kier molecular flexibility index (Phi) is 34.8. The quantitative estimate of drug-likeness (QED) is 0.0943. The van der Waals surface area contributed by atoms with Crippen LogP contribution in [0.2, 0.25) is 0 Å². The normalized spacial score (nSPS) is 12.0. The summed E-state index contributed by atoms with van der Waals surface area (Å²) in [6.45, 7) is 15.2. The smallest absolute Gasteiger partial charge is 0.303 e. The first-order chi connectivity index (χ1) is 21.6. The molecule has 0 fully saturated rings. The van der Waals surface area contributed by atoms with E-state index in [1.807, 2.05) is 0 Å². The number of carbonyl (C=O) groups excluding carboxylic acids is 1. The molecule has 0 aromatic rings. The number of carboxylic acids is 1. The van der Waals surface area contributed by atoms with Crippen molar-refractivity contribution in [2.45, 2.75) is 39.5 Å². The molecule has 0 spiro atoms. The third-order valence-corrected chi connectivity index (χ3v) is 5.80. The van der Waals surface area contributed by atoms with Gasteiger partial charge in [0.05, 0.1) is 125 Å². The van der Waals surface area contributed by atoms with Crippen LogP contribution in [0.4, 0.5) is 0 Å². The molecule has 0 aliphatic rings. The number of hydrogen-bond acceptors (Lipinski definition) is 12. The van der Waals surface area contributed by atoms with E-state index >= 15 is 0 Å². The maximum atomic E-state index is 11.4. The number of ether oxygens (including phenoxy) is 10. The van der Waals surface area contributed by atoms with Crippen molar-refractivity contribution < 1.29 is 62.1 Å². The first-order valence-electron chi connectivity index (χ1n) is 15.8. The zero-order chi connectivity index (χ0) is 32.2. The summed E-state index contributed by atoms with van der Waals surface area (Å²) in [7, 11) is 0. The van der Waals surface area contributed by atoms with E-state index in [9.17, 15) is 9.59 Å². The van der Waals surface area contributed by atoms with Gasteiger partial charge in [-0.2, -0.15) is 0 Å². The molecule has 1 unspecified atom stereocenters. The lowest BCUT2D eigenvalue weighted by molar-refractivity contribution is -0.138. The highest BCUT2D eigenvalue weighted by Crippen LogP contribution is 2.00. The highest BCUT2D eigenvalue weighted by atomic mass is 16.6. The topological polar surface area (TPSA) is 159 Å². The first-order valence-corrected chi connectivity index (χ1v) is 15.8. The van der Waals surface area contributed by atoms with Crippen LogP contribution in [-0.4, -0.2) is 156 Å². The number of rotatable bonds is 37. The number of amides is 1. The van der Waals surface area contributed by atoms with E-state index in [-0.39, 0.29) is 18.7 Å². The van der Waals surface area contributed by atoms with Crippen LogP contribution in [0.5, 0.6) is 0 Å². The van der Waals surface area contributed by atoms with E-state index in [1.54, 1.807) is 0 Å². The van der Waals surface area contributed by atoms with Crippen molar-refractivity contribution in [3.05, 3.63) is 0 Å². The van der Waals surface area contributed by atoms with Gasteiger partial charge in [0.15, 0.2) is 0 Å². The van der Waals surface area contributed by atoms with Crippen molar-refractivity contribution in [1.82, 2.24) is 5.32 Å². The third kappa shape index (κ3) is 36.7. The molecule has 0 saturated heterocycles. The lowest BCUT2D eigenvalue weighted by atomic mass is 10.1. The van der Waals surface area contributed by atoms with E-state index in [0.29, 0.717) is 144 Å². The van der Waals surface area contributed by atoms with Gasteiger partial charge in [-0.1, -0.05) is 20.3 Å². The van der Waals surface area contributed by atoms with Gasteiger partial charge >= 0.3 is 5.97 Å². The molecule has 2 N–H and O–H groups in total. The van der Waals surface area contributed by atoms with Crippen molar-refractivity contribution in [3.8, 4) is 0 Å². The maximum absolute atomic E-state index is 11.4. The molecule has 0 aromatic heterocycles. The molecule has 1 amide bonds. The largest absolute Gasteiger partial charge is 0.481 e. The molecule has 0 rings (SSSR count). The summed E-state index contributed by atoms with van der Waals surface area (Å²) < 4.78 is 54.6. The summed E-state index contributed by atoms with van der Waals surface area (Å²) in [4.78, 5) is 21.7. The predicted octanol–water partition coefficient (Wildman–Crippen LogP) is 1.57. The van der Waals surface area contributed by atoms with Crippen LogP contribution in [0.15, 0.2) is 0 Å². The van der Waals surface area contributed by atoms with E-state index < -0.39 is 5.97 Å². The standard InChI is InChI=1S/C30H59NO13/c1-3-28(2)27-44-26-25-43-24-23-42-22-21-41-20-19-40-18-17-39-16-15-38-14-13-37-12-11-36-10-9-35-8-4-7-31-29(32)5-6-30(33)34/h28H,3-27H2,1-2H3,(H,31,32)(H,33,34). The number of nitrogens with one attached hydrogen (secondary N) is 1. The molecule has 14 heteroatoms. The molecule has 44 heavy (non-hydrogen) atoms. The fraction of sp³-hybridized carbons (Fsp3) is 0.933. The summed E-state index contributed by atoms with van der Waals surface area (Å²) in [6, 6.07) is 0. The minimum atomic E-state index is -0.981. The monoisotopic (exact) mass is 641 g/mol. The second-order valence-corrected chi connectivity index (χ2v) is 9.70. The molecular formula is C30H59NO13. The highest BCUT2D eigenvalue weighted by Gasteiger charge is 2.04. The third-order valence-electron chi connectivity index (χ3n) is 5.80. The molecule has 0 saturated carbocycles. The predicted molar refractivity (Wildman–Crippen MR) is 162 cm³/mol. The molecule has 14 nitrogen and oxygen atoms in total. The Morgan fingerprint density at radius 1 is 0.523 bits per heavy atom. The second-order valence-electron chi connectivity index (χ2n) is 9.70. The van der Waals surface area contributed by atoms with Gasteiger partial charge in [0.1, 0.15) is 0 Å². The van der Waals surface area contributed by atoms with Crippen molar-refractivity contribution in [2.24, 2.45) is 5.92 Å². The van der Waals surface area contributed by atoms with E-state index in [4.69, 9.17) is 52.5 Å². The van der Waals surface area contributed by atoms with Gasteiger partial charge in [0, 0.05) is 26.2 Å². The second kappa shape index (κ2) is 36.0. The summed E-state index contributed by atoms with van der Waals surface area (Å²) in [5, 5.41) is 11.2. The Labute approximate surface area is 263 Å². The number of carbonyl (C=O) groups is 2. The Morgan fingerprint density at radius 3 is 1.16 bits per heavy atom. The van der Waals surface area contributed by atoms with Crippen molar-refractivity contribution in [2.75, 3.05) is 139 Å². The van der Waals surface area contributed by atoms with Gasteiger partial charge in [-0.3, -0.25) is 9.59 Å². The van der Waals surface area contributed by atoms with Crippen molar-refractivity contribution >= 4 is 11.9 Å². The number of carboxylic acid groups (broad SMARTS) is 1. The molecule has 0 aliphatic heterocycles. The Bertz CT molecular complexity index is 615. The Hall–Kier alpha value is -1.46. The average Bonchev–Trinajstić information content (AvgIpc) is 3.02. The Balaban J connectivity index is 3.09. The van der Waals surface area contributed by atoms with E-state index in [0.717, 1.165) is 13.0 Å². The van der Waals surface area contributed by atoms with Crippen molar-refractivity contribution in [3.63, 3.8) is 0 Å². The molecule has 0 aliphatic carbocycles. The first kappa shape index (κ1) is 42.5. The zero-order valence-corrected chi connectivity index (χ0v) is 27.1. The lowest BCUT2D eigenvalue weighted by Crippen LogP contribution is -2.25. The molecule has 1 atom stereocenters. The van der Waals surface area contributed by atoms with Gasteiger partial charge < -0.3 is 57.8 Å². The zero-order valence-electron chi connectivity index (χ0n) is 27.1. The van der Waals surface area contributed by atoms with Gasteiger partial charge in [-0.15, -0.1) is 0 Å². The minimum absolute atomic E-state index is 0.00769. The number of aliphatic carboxylic acids is 1. The van der Waals surface area contributed by atoms with Crippen LogP contribution >= 0.6 is 0 Å². The SMILES string of the molecule is CCC(C)COCCOCCOCCOCCOCCOCCOCCOCCOCCOCCCNC(=O)CCC(=O)O. The summed E-state index contributed by atoms with van der Waals surface area (Å²) >= 11 is 0. The molecule has 262 valence electrons. The number of hydrogen-bond donors (Lipinski definition) is 2. The molecule has 0 heterocycles. The van der Waals surface area contributed by atoms with E-state index in [2.05, 4.69) is 19.2 Å². The molecule has 0 radical (unpaired) electrons. The van der Waals surface area contributed by atoms with E-state index in [1.165, 1.54) is 0 Å². The summed E-state index contributed by atoms with van der Waals surface area (Å²) in [5.41, 5.74) is 0. The maximum Gasteiger partial charge on any atom is 0.303 e. The van der Waals surface area contributed by atoms with Gasteiger partial charge in [-0.25, -0.2) is 0 Å². The van der Waals surface area contributed by atoms with Crippen molar-refractivity contribution in [1.29, 1.82) is 0 Å². The average molecular weight is 642 g/mol. The van der Waals surface area contributed by atoms with Crippen LogP contribution in [0.3, 0.4) is 0 Å². The van der Waals surface area contributed by atoms with Crippen LogP contribution in [-0.2, 0) is 57.0 Å². The molecule has 0 bridgehead atoms. The van der Waals surface area contributed by atoms with Crippen LogP contribution in [0.25, 0.3) is 0 Å². The lowest BCUT2D eigenvalue weighted by Gasteiger charge is -2.10. The molecule has 0 aromatic carbocycles. The fourth-order valence-corrected chi connectivity index (χ4v) is 3.09. The van der Waals surface area contributed by atoms with Crippen LogP contribution in [0.1, 0.15) is 39.5 Å².